The summed E-state index contributed by atoms with van der Waals surface area (Å²) in [5.41, 5.74) is 2.04. The fourth-order valence-electron chi connectivity index (χ4n) is 2.32. The van der Waals surface area contributed by atoms with Crippen LogP contribution in [0.25, 0.3) is 22.2 Å². The first-order chi connectivity index (χ1) is 12.7. The van der Waals surface area contributed by atoms with E-state index in [1.165, 1.54) is 16.9 Å². The smallest absolute Gasteiger partial charge is 0.261 e. The van der Waals surface area contributed by atoms with E-state index in [0.717, 1.165) is 16.9 Å². The number of aromatic nitrogens is 2. The van der Waals surface area contributed by atoms with Gasteiger partial charge in [-0.25, -0.2) is 0 Å². The molecule has 1 aromatic carbocycles. The van der Waals surface area contributed by atoms with Crippen molar-refractivity contribution in [2.24, 2.45) is 0 Å². The average Bonchev–Trinajstić information content (AvgIpc) is 3.31. The van der Waals surface area contributed by atoms with Gasteiger partial charge in [0.1, 0.15) is 0 Å². The topological polar surface area (TPSA) is 77.2 Å². The molecule has 0 unspecified atom stereocenters. The van der Waals surface area contributed by atoms with Crippen molar-refractivity contribution in [3.05, 3.63) is 46.8 Å². The van der Waals surface area contributed by atoms with E-state index in [2.05, 4.69) is 15.5 Å². The van der Waals surface area contributed by atoms with E-state index in [-0.39, 0.29) is 5.91 Å². The van der Waals surface area contributed by atoms with E-state index in [4.69, 9.17) is 9.26 Å². The van der Waals surface area contributed by atoms with Gasteiger partial charge in [0.15, 0.2) is 0 Å². The summed E-state index contributed by atoms with van der Waals surface area (Å²) < 4.78 is 10.6. The summed E-state index contributed by atoms with van der Waals surface area (Å²) in [6, 6.07) is 11.5. The molecule has 1 amide bonds. The number of benzene rings is 1. The number of hydrogen-bond donors (Lipinski definition) is 1. The van der Waals surface area contributed by atoms with E-state index < -0.39 is 0 Å². The number of carbonyl (C=O) groups excluding carboxylic acids is 1. The van der Waals surface area contributed by atoms with Crippen LogP contribution in [0.4, 0.5) is 0 Å². The lowest BCUT2D eigenvalue weighted by molar-refractivity contribution is 0.0948. The van der Waals surface area contributed by atoms with Crippen LogP contribution in [-0.2, 0) is 4.74 Å². The van der Waals surface area contributed by atoms with E-state index in [9.17, 15) is 4.79 Å². The average molecular weight is 371 g/mol. The Morgan fingerprint density at radius 2 is 2.04 bits per heavy atom. The second-order valence-corrected chi connectivity index (χ2v) is 6.84. The van der Waals surface area contributed by atoms with Crippen LogP contribution in [0.5, 0.6) is 0 Å². The van der Waals surface area contributed by atoms with Crippen LogP contribution < -0.4 is 5.32 Å². The van der Waals surface area contributed by atoms with Gasteiger partial charge in [0.2, 0.25) is 5.82 Å². The fraction of sp³-hybridized carbons (Fsp3) is 0.316. The number of nitrogens with zero attached hydrogens (tertiary/aromatic N) is 2. The van der Waals surface area contributed by atoms with E-state index in [0.29, 0.717) is 36.4 Å². The lowest BCUT2D eigenvalue weighted by Crippen LogP contribution is -2.24. The highest BCUT2D eigenvalue weighted by Gasteiger charge is 2.15. The SMILES string of the molecule is CCOCCCNC(=O)c1ccc(-c2noc(-c3ccc(C)cc3)n2)s1. The zero-order valence-electron chi connectivity index (χ0n) is 14.8. The monoisotopic (exact) mass is 371 g/mol. The maximum atomic E-state index is 12.2. The minimum Gasteiger partial charge on any atom is -0.382 e. The molecule has 0 aliphatic carbocycles. The van der Waals surface area contributed by atoms with Crippen LogP contribution in [0.2, 0.25) is 0 Å². The van der Waals surface area contributed by atoms with Gasteiger partial charge in [0, 0.05) is 25.3 Å². The summed E-state index contributed by atoms with van der Waals surface area (Å²) >= 11 is 1.35. The quantitative estimate of drug-likeness (QED) is 0.607. The van der Waals surface area contributed by atoms with Gasteiger partial charge in [0.25, 0.3) is 11.8 Å². The second-order valence-electron chi connectivity index (χ2n) is 5.76. The maximum Gasteiger partial charge on any atom is 0.261 e. The molecule has 3 rings (SSSR count). The molecule has 0 radical (unpaired) electrons. The number of carbonyl (C=O) groups is 1. The van der Waals surface area contributed by atoms with Gasteiger partial charge in [-0.05, 0) is 44.5 Å². The van der Waals surface area contributed by atoms with Crippen LogP contribution in [0.3, 0.4) is 0 Å². The van der Waals surface area contributed by atoms with E-state index in [1.54, 1.807) is 6.07 Å². The molecule has 0 aliphatic heterocycles. The van der Waals surface area contributed by atoms with Crippen LogP contribution in [0.1, 0.15) is 28.6 Å². The van der Waals surface area contributed by atoms with Gasteiger partial charge >= 0.3 is 0 Å². The van der Waals surface area contributed by atoms with E-state index in [1.807, 2.05) is 44.2 Å². The van der Waals surface area contributed by atoms with Crippen LogP contribution in [0.15, 0.2) is 40.9 Å². The zero-order chi connectivity index (χ0) is 18.4. The third-order valence-corrected chi connectivity index (χ3v) is 4.81. The first kappa shape index (κ1) is 18.3. The third kappa shape index (κ3) is 4.56. The summed E-state index contributed by atoms with van der Waals surface area (Å²) in [5.74, 6) is 0.858. The molecule has 7 heteroatoms. The van der Waals surface area contributed by atoms with Crippen LogP contribution in [0, 0.1) is 6.92 Å². The largest absolute Gasteiger partial charge is 0.382 e. The molecule has 0 atom stereocenters. The number of aryl methyl sites for hydroxylation is 1. The molecule has 6 nitrogen and oxygen atoms in total. The Bertz CT molecular complexity index is 855. The number of amides is 1. The molecule has 0 saturated heterocycles. The Hall–Kier alpha value is -2.51. The van der Waals surface area contributed by atoms with Crippen molar-refractivity contribution in [3.63, 3.8) is 0 Å². The molecule has 0 spiro atoms. The molecular formula is C19H21N3O3S. The first-order valence-corrected chi connectivity index (χ1v) is 9.36. The molecular weight excluding hydrogens is 350 g/mol. The maximum absolute atomic E-state index is 12.2. The van der Waals surface area contributed by atoms with Gasteiger partial charge in [-0.15, -0.1) is 11.3 Å². The molecule has 0 saturated carbocycles. The Balaban J connectivity index is 1.63. The normalized spacial score (nSPS) is 10.8. The summed E-state index contributed by atoms with van der Waals surface area (Å²) in [6.07, 6.45) is 0.794. The van der Waals surface area contributed by atoms with Crippen LogP contribution in [-0.4, -0.2) is 35.8 Å². The van der Waals surface area contributed by atoms with Gasteiger partial charge in [-0.3, -0.25) is 4.79 Å². The van der Waals surface area contributed by atoms with Crippen molar-refractivity contribution in [3.8, 4) is 22.2 Å². The molecule has 136 valence electrons. The van der Waals surface area contributed by atoms with Crippen molar-refractivity contribution in [1.82, 2.24) is 15.5 Å². The van der Waals surface area contributed by atoms with Gasteiger partial charge in [-0.2, -0.15) is 4.98 Å². The zero-order valence-corrected chi connectivity index (χ0v) is 15.6. The molecule has 1 N–H and O–H groups in total. The first-order valence-electron chi connectivity index (χ1n) is 8.54. The highest BCUT2D eigenvalue weighted by Crippen LogP contribution is 2.28. The lowest BCUT2D eigenvalue weighted by Gasteiger charge is -2.03. The Kier molecular flexibility index (Phi) is 6.14. The Morgan fingerprint density at radius 3 is 2.81 bits per heavy atom. The number of nitrogens with one attached hydrogen (secondary N) is 1. The predicted octanol–water partition coefficient (Wildman–Crippen LogP) is 3.93. The van der Waals surface area contributed by atoms with Crippen molar-refractivity contribution >= 4 is 17.2 Å². The van der Waals surface area contributed by atoms with Gasteiger partial charge < -0.3 is 14.6 Å². The highest BCUT2D eigenvalue weighted by molar-refractivity contribution is 7.17. The fourth-order valence-corrected chi connectivity index (χ4v) is 3.17. The standard InChI is InChI=1S/C19H21N3O3S/c1-3-24-12-4-11-20-18(23)16-10-9-15(26-16)17-21-19(25-22-17)14-7-5-13(2)6-8-14/h5-10H,3-4,11-12H2,1-2H3,(H,20,23). The summed E-state index contributed by atoms with van der Waals surface area (Å²) in [5, 5.41) is 6.92. The van der Waals surface area contributed by atoms with Gasteiger partial charge in [0.05, 0.1) is 9.75 Å². The number of thiophene rings is 1. The summed E-state index contributed by atoms with van der Waals surface area (Å²) in [6.45, 7) is 5.91. The molecule has 26 heavy (non-hydrogen) atoms. The molecule has 2 aromatic heterocycles. The lowest BCUT2D eigenvalue weighted by atomic mass is 10.1. The minimum absolute atomic E-state index is 0.0972. The minimum atomic E-state index is -0.0972. The molecule has 3 aromatic rings. The third-order valence-electron chi connectivity index (χ3n) is 3.73. The molecule has 2 heterocycles. The van der Waals surface area contributed by atoms with Gasteiger partial charge in [-0.1, -0.05) is 22.9 Å². The number of hydrogen-bond acceptors (Lipinski definition) is 6. The Morgan fingerprint density at radius 1 is 1.23 bits per heavy atom. The van der Waals surface area contributed by atoms with Crippen molar-refractivity contribution in [2.75, 3.05) is 19.8 Å². The molecule has 0 bridgehead atoms. The number of rotatable bonds is 8. The highest BCUT2D eigenvalue weighted by atomic mass is 32.1. The summed E-state index contributed by atoms with van der Waals surface area (Å²) in [4.78, 5) is 18.0. The van der Waals surface area contributed by atoms with Crippen molar-refractivity contribution in [1.29, 1.82) is 0 Å². The summed E-state index contributed by atoms with van der Waals surface area (Å²) in [7, 11) is 0. The van der Waals surface area contributed by atoms with E-state index >= 15 is 0 Å². The van der Waals surface area contributed by atoms with Crippen LogP contribution >= 0.6 is 11.3 Å². The molecule has 0 fully saturated rings. The van der Waals surface area contributed by atoms with Crippen molar-refractivity contribution < 1.29 is 14.1 Å². The predicted molar refractivity (Wildman–Crippen MR) is 101 cm³/mol. The Labute approximate surface area is 156 Å². The van der Waals surface area contributed by atoms with Crippen molar-refractivity contribution in [2.45, 2.75) is 20.3 Å². The molecule has 0 aliphatic rings. The number of ether oxygens (including phenoxy) is 1. The second kappa shape index (κ2) is 8.73.